The van der Waals surface area contributed by atoms with Crippen LogP contribution in [0.2, 0.25) is 0 Å². The summed E-state index contributed by atoms with van der Waals surface area (Å²) in [6.07, 6.45) is -4.62. The van der Waals surface area contributed by atoms with Gasteiger partial charge in [-0.05, 0) is 36.4 Å². The predicted octanol–water partition coefficient (Wildman–Crippen LogP) is 2.03. The molecule has 0 atom stereocenters. The van der Waals surface area contributed by atoms with Gasteiger partial charge in [-0.3, -0.25) is 14.3 Å². The Kier molecular flexibility index (Phi) is 7.27. The van der Waals surface area contributed by atoms with Crippen LogP contribution in [0, 0.1) is 0 Å². The number of carbonyl (C=O) groups excluding carboxylic acids is 2. The molecule has 2 amide bonds. The van der Waals surface area contributed by atoms with Crippen LogP contribution in [0.1, 0.15) is 16.8 Å². The summed E-state index contributed by atoms with van der Waals surface area (Å²) in [6.45, 7) is -1.55. The molecular weight excluding hydrogens is 427 g/mol. The molecule has 0 bridgehead atoms. The molecule has 0 radical (unpaired) electrons. The second kappa shape index (κ2) is 9.48. The lowest BCUT2D eigenvalue weighted by Gasteiger charge is -2.13. The molecule has 0 saturated carbocycles. The largest absolute Gasteiger partial charge is 0.491 e. The number of carbonyl (C=O) groups is 2. The molecular formula is C18H18F3N3O5S. The third-order valence-corrected chi connectivity index (χ3v) is 5.00. The molecule has 8 nitrogen and oxygen atoms in total. The third-order valence-electron chi connectivity index (χ3n) is 3.61. The molecule has 0 aliphatic rings. The predicted molar refractivity (Wildman–Crippen MR) is 101 cm³/mol. The maximum atomic E-state index is 12.6. The number of hydrogen-bond donors (Lipinski definition) is 3. The fraction of sp³-hybridized carbons (Fsp3) is 0.222. The Morgan fingerprint density at radius 3 is 2.27 bits per heavy atom. The van der Waals surface area contributed by atoms with Gasteiger partial charge in [-0.25, -0.2) is 8.42 Å². The van der Waals surface area contributed by atoms with Gasteiger partial charge in [0.1, 0.15) is 12.3 Å². The van der Waals surface area contributed by atoms with E-state index in [1.54, 1.807) is 17.4 Å². The van der Waals surface area contributed by atoms with Crippen LogP contribution in [0.15, 0.2) is 53.4 Å². The Labute approximate surface area is 170 Å². The van der Waals surface area contributed by atoms with E-state index < -0.39 is 34.6 Å². The van der Waals surface area contributed by atoms with Crippen LogP contribution in [-0.4, -0.2) is 39.6 Å². The van der Waals surface area contributed by atoms with Gasteiger partial charge in [-0.2, -0.15) is 13.2 Å². The average Bonchev–Trinajstić information content (AvgIpc) is 2.66. The van der Waals surface area contributed by atoms with Crippen LogP contribution >= 0.6 is 0 Å². The van der Waals surface area contributed by atoms with Gasteiger partial charge in [0.25, 0.3) is 15.9 Å². The van der Waals surface area contributed by atoms with Gasteiger partial charge >= 0.3 is 6.18 Å². The van der Waals surface area contributed by atoms with E-state index in [-0.39, 0.29) is 34.9 Å². The summed E-state index contributed by atoms with van der Waals surface area (Å²) in [5.41, 5.74) is 5.01. The van der Waals surface area contributed by atoms with Gasteiger partial charge in [0.2, 0.25) is 5.91 Å². The zero-order valence-electron chi connectivity index (χ0n) is 15.4. The summed E-state index contributed by atoms with van der Waals surface area (Å²) >= 11 is 0. The lowest BCUT2D eigenvalue weighted by molar-refractivity contribution is -0.123. The quantitative estimate of drug-likeness (QED) is 0.544. The minimum Gasteiger partial charge on any atom is -0.491 e. The molecule has 4 N–H and O–H groups in total. The number of amides is 2. The van der Waals surface area contributed by atoms with E-state index in [0.29, 0.717) is 0 Å². The molecule has 0 aromatic heterocycles. The van der Waals surface area contributed by atoms with Gasteiger partial charge in [0.05, 0.1) is 23.6 Å². The van der Waals surface area contributed by atoms with Crippen molar-refractivity contribution in [3.63, 3.8) is 0 Å². The van der Waals surface area contributed by atoms with Crippen molar-refractivity contribution in [2.45, 2.75) is 17.5 Å². The molecule has 162 valence electrons. The number of nitrogens with two attached hydrogens (primary N) is 1. The van der Waals surface area contributed by atoms with Crippen molar-refractivity contribution >= 4 is 27.5 Å². The van der Waals surface area contributed by atoms with E-state index in [9.17, 15) is 31.2 Å². The van der Waals surface area contributed by atoms with Gasteiger partial charge in [-0.1, -0.05) is 12.1 Å². The molecule has 2 rings (SSSR count). The Bertz CT molecular complexity index is 1010. The summed E-state index contributed by atoms with van der Waals surface area (Å²) in [4.78, 5) is 22.3. The molecule has 2 aromatic rings. The van der Waals surface area contributed by atoms with Crippen LogP contribution in [0.25, 0.3) is 0 Å². The zero-order valence-corrected chi connectivity index (χ0v) is 16.2. The highest BCUT2D eigenvalue weighted by molar-refractivity contribution is 7.92. The normalized spacial score (nSPS) is 11.6. The standard InChI is InChI=1S/C18H18F3N3O5S/c19-18(20,21)11-23-17(26)12-5-7-13(8-6-12)30(27,28)24-14-3-1-2-4-15(14)29-10-9-16(22)25/h1-8,24H,9-11H2,(H2,22,25)(H,23,26). The zero-order chi connectivity index (χ0) is 22.4. The number of rotatable bonds is 9. The fourth-order valence-electron chi connectivity index (χ4n) is 2.21. The number of alkyl halides is 3. The van der Waals surface area contributed by atoms with Crippen molar-refractivity contribution in [1.82, 2.24) is 5.32 Å². The number of para-hydroxylation sites is 2. The van der Waals surface area contributed by atoms with Crippen LogP contribution < -0.4 is 20.5 Å². The monoisotopic (exact) mass is 445 g/mol. The summed E-state index contributed by atoms with van der Waals surface area (Å²) in [6, 6.07) is 10.5. The average molecular weight is 445 g/mol. The Hall–Kier alpha value is -3.28. The van der Waals surface area contributed by atoms with E-state index in [1.165, 1.54) is 12.1 Å². The number of hydrogen-bond acceptors (Lipinski definition) is 5. The smallest absolute Gasteiger partial charge is 0.405 e. The molecule has 12 heteroatoms. The SMILES string of the molecule is NC(=O)CCOc1ccccc1NS(=O)(=O)c1ccc(C(=O)NCC(F)(F)F)cc1. The maximum Gasteiger partial charge on any atom is 0.405 e. The minimum absolute atomic E-state index is 0.0458. The molecule has 2 aromatic carbocycles. The van der Waals surface area contributed by atoms with E-state index in [0.717, 1.165) is 24.3 Å². The minimum atomic E-state index is -4.56. The first-order chi connectivity index (χ1) is 14.0. The Morgan fingerprint density at radius 2 is 1.67 bits per heavy atom. The Morgan fingerprint density at radius 1 is 1.03 bits per heavy atom. The summed E-state index contributed by atoms with van der Waals surface area (Å²) < 4.78 is 69.4. The lowest BCUT2D eigenvalue weighted by Crippen LogP contribution is -2.33. The third kappa shape index (κ3) is 6.95. The van der Waals surface area contributed by atoms with Crippen molar-refractivity contribution in [3.8, 4) is 5.75 Å². The van der Waals surface area contributed by atoms with Crippen molar-refractivity contribution in [3.05, 3.63) is 54.1 Å². The number of sulfonamides is 1. The molecule has 30 heavy (non-hydrogen) atoms. The van der Waals surface area contributed by atoms with Crippen LogP contribution in [0.4, 0.5) is 18.9 Å². The van der Waals surface area contributed by atoms with E-state index in [4.69, 9.17) is 10.5 Å². The number of halogens is 3. The molecule has 0 unspecified atom stereocenters. The van der Waals surface area contributed by atoms with E-state index >= 15 is 0 Å². The fourth-order valence-corrected chi connectivity index (χ4v) is 3.28. The summed E-state index contributed by atoms with van der Waals surface area (Å²) in [5, 5.41) is 1.69. The van der Waals surface area contributed by atoms with Crippen molar-refractivity contribution in [2.24, 2.45) is 5.73 Å². The number of benzene rings is 2. The van der Waals surface area contributed by atoms with Crippen molar-refractivity contribution < 1.29 is 35.9 Å². The maximum absolute atomic E-state index is 12.6. The second-order valence-corrected chi connectivity index (χ2v) is 7.67. The van der Waals surface area contributed by atoms with Gasteiger partial charge in [-0.15, -0.1) is 0 Å². The van der Waals surface area contributed by atoms with Crippen molar-refractivity contribution in [2.75, 3.05) is 17.9 Å². The highest BCUT2D eigenvalue weighted by Gasteiger charge is 2.28. The molecule has 0 spiro atoms. The van der Waals surface area contributed by atoms with E-state index in [2.05, 4.69) is 4.72 Å². The van der Waals surface area contributed by atoms with Crippen molar-refractivity contribution in [1.29, 1.82) is 0 Å². The van der Waals surface area contributed by atoms with E-state index in [1.807, 2.05) is 0 Å². The Balaban J connectivity index is 2.11. The molecule has 0 fully saturated rings. The number of primary amides is 1. The molecule has 0 aliphatic carbocycles. The van der Waals surface area contributed by atoms with Crippen LogP contribution in [-0.2, 0) is 14.8 Å². The van der Waals surface area contributed by atoms with Gasteiger partial charge in [0.15, 0.2) is 0 Å². The highest BCUT2D eigenvalue weighted by Crippen LogP contribution is 2.27. The highest BCUT2D eigenvalue weighted by atomic mass is 32.2. The molecule has 0 heterocycles. The second-order valence-electron chi connectivity index (χ2n) is 5.99. The molecule has 0 aliphatic heterocycles. The number of nitrogens with one attached hydrogen (secondary N) is 2. The number of ether oxygens (including phenoxy) is 1. The number of anilines is 1. The first-order valence-electron chi connectivity index (χ1n) is 8.46. The summed E-state index contributed by atoms with van der Waals surface area (Å²) in [5.74, 6) is -1.39. The first kappa shape index (κ1) is 23.0. The summed E-state index contributed by atoms with van der Waals surface area (Å²) in [7, 11) is -4.09. The van der Waals surface area contributed by atoms with Gasteiger partial charge in [0, 0.05) is 5.56 Å². The lowest BCUT2D eigenvalue weighted by atomic mass is 10.2. The first-order valence-corrected chi connectivity index (χ1v) is 9.94. The van der Waals surface area contributed by atoms with Crippen LogP contribution in [0.5, 0.6) is 5.75 Å². The van der Waals surface area contributed by atoms with Gasteiger partial charge < -0.3 is 15.8 Å². The van der Waals surface area contributed by atoms with Crippen LogP contribution in [0.3, 0.4) is 0 Å². The topological polar surface area (TPSA) is 128 Å². The molecule has 0 saturated heterocycles.